The molecule has 0 radical (unpaired) electrons. The summed E-state index contributed by atoms with van der Waals surface area (Å²) in [4.78, 5) is 0. The van der Waals surface area contributed by atoms with Gasteiger partial charge < -0.3 is 24.2 Å². The first kappa shape index (κ1) is 94.2. The number of ether oxygens (including phenoxy) is 2. The summed E-state index contributed by atoms with van der Waals surface area (Å²) in [5.74, 6) is 0. The minimum absolute atomic E-state index is 0.0108. The van der Waals surface area contributed by atoms with Gasteiger partial charge in [0, 0.05) is 25.7 Å². The van der Waals surface area contributed by atoms with E-state index in [1.54, 1.807) is 0 Å². The fourth-order valence-corrected chi connectivity index (χ4v) is 20.1. The Morgan fingerprint density at radius 2 is 0.330 bits per heavy atom. The van der Waals surface area contributed by atoms with Gasteiger partial charge in [0.25, 0.3) is 0 Å². The van der Waals surface area contributed by atoms with Crippen molar-refractivity contribution in [1.82, 2.24) is 0 Å². The highest BCUT2D eigenvalue weighted by molar-refractivity contribution is 7.94. The lowest BCUT2D eigenvalue weighted by molar-refractivity contribution is -0.116. The SMILES string of the molecule is CCCCCCCCCCC(CCCCCCCCCC)(OCCO)C(CCCCCCCCCC)(CCCCCCCCCC)[S+]([O-])C(CCCCCCCCCC)(CCCCCCCCCC)C(CCCCCCCCCC)(CCCCCCCCCC)OCCO. The largest absolute Gasteiger partial charge is 0.615 e. The van der Waals surface area contributed by atoms with E-state index in [0.29, 0.717) is 13.2 Å². The Kier molecular flexibility index (Phi) is 71.7. The molecule has 2 N–H and O–H groups in total. The van der Waals surface area contributed by atoms with Crippen LogP contribution in [0.1, 0.15) is 518 Å². The lowest BCUT2D eigenvalue weighted by atomic mass is 9.71. The lowest BCUT2D eigenvalue weighted by Crippen LogP contribution is -2.71. The number of rotatable bonds is 82. The molecule has 0 bridgehead atoms. The van der Waals surface area contributed by atoms with Crippen molar-refractivity contribution in [3.63, 3.8) is 0 Å². The molecule has 0 aromatic heterocycles. The van der Waals surface area contributed by atoms with E-state index in [0.717, 1.165) is 103 Å². The maximum atomic E-state index is 19.2. The fraction of sp³-hybridized carbons (Fsp3) is 1.00. The Labute approximate surface area is 596 Å². The van der Waals surface area contributed by atoms with E-state index in [-0.39, 0.29) is 13.2 Å². The third-order valence-corrected chi connectivity index (χ3v) is 25.8. The molecule has 0 fully saturated rings. The minimum atomic E-state index is -1.37. The molecule has 5 nitrogen and oxygen atoms in total. The second kappa shape index (κ2) is 71.5. The zero-order valence-electron chi connectivity index (χ0n) is 66.3. The van der Waals surface area contributed by atoms with Crippen LogP contribution in [0.3, 0.4) is 0 Å². The van der Waals surface area contributed by atoms with Crippen molar-refractivity contribution in [2.24, 2.45) is 0 Å². The number of hydrogen-bond donors (Lipinski definition) is 2. The van der Waals surface area contributed by atoms with Gasteiger partial charge in [0.15, 0.2) is 9.49 Å². The average Bonchev–Trinajstić information content (AvgIpc) is 0.715. The molecular formula is C88H178O5S. The number of aliphatic hydroxyl groups excluding tert-OH is 2. The maximum Gasteiger partial charge on any atom is 0.154 e. The normalized spacial score (nSPS) is 12.6. The third kappa shape index (κ3) is 46.6. The Bertz CT molecular complexity index is 1250. The molecule has 0 aromatic carbocycles. The van der Waals surface area contributed by atoms with Crippen molar-refractivity contribution in [1.29, 1.82) is 0 Å². The van der Waals surface area contributed by atoms with Crippen LogP contribution in [0.15, 0.2) is 0 Å². The highest BCUT2D eigenvalue weighted by atomic mass is 32.2. The summed E-state index contributed by atoms with van der Waals surface area (Å²) in [6.45, 7) is 19.4. The predicted molar refractivity (Wildman–Crippen MR) is 423 cm³/mol. The summed E-state index contributed by atoms with van der Waals surface area (Å²) in [6.07, 6.45) is 88.8. The first-order chi connectivity index (χ1) is 46.3. The topological polar surface area (TPSA) is 82.0 Å². The molecule has 0 heterocycles. The van der Waals surface area contributed by atoms with E-state index in [1.807, 2.05) is 0 Å². The highest BCUT2D eigenvalue weighted by Crippen LogP contribution is 2.59. The molecule has 0 saturated carbocycles. The summed E-state index contributed by atoms with van der Waals surface area (Å²) in [5, 5.41) is 22.7. The first-order valence-corrected chi connectivity index (χ1v) is 45.3. The van der Waals surface area contributed by atoms with Gasteiger partial charge in [-0.2, -0.15) is 0 Å². The molecule has 0 amide bonds. The van der Waals surface area contributed by atoms with Crippen molar-refractivity contribution in [3.8, 4) is 0 Å². The van der Waals surface area contributed by atoms with E-state index in [2.05, 4.69) is 55.4 Å². The molecule has 0 aliphatic carbocycles. The molecule has 0 aliphatic rings. The van der Waals surface area contributed by atoms with Crippen LogP contribution in [0.25, 0.3) is 0 Å². The van der Waals surface area contributed by atoms with Gasteiger partial charge >= 0.3 is 0 Å². The number of hydrogen-bond acceptors (Lipinski definition) is 5. The van der Waals surface area contributed by atoms with Gasteiger partial charge in [-0.3, -0.25) is 0 Å². The molecule has 94 heavy (non-hydrogen) atoms. The van der Waals surface area contributed by atoms with Gasteiger partial charge in [0.2, 0.25) is 0 Å². The highest BCUT2D eigenvalue weighted by Gasteiger charge is 2.69. The Morgan fingerprint density at radius 3 is 0.468 bits per heavy atom. The van der Waals surface area contributed by atoms with Crippen LogP contribution >= 0.6 is 0 Å². The number of aliphatic hydroxyl groups is 2. The Morgan fingerprint density at radius 1 is 0.202 bits per heavy atom. The summed E-state index contributed by atoms with van der Waals surface area (Å²) < 4.78 is 34.0. The van der Waals surface area contributed by atoms with Gasteiger partial charge in [-0.05, 0) is 62.5 Å². The Balaban J connectivity index is 9.36. The monoisotopic (exact) mass is 1350 g/mol. The van der Waals surface area contributed by atoms with Crippen LogP contribution in [-0.2, 0) is 20.6 Å². The van der Waals surface area contributed by atoms with Crippen molar-refractivity contribution < 1.29 is 24.2 Å². The maximum absolute atomic E-state index is 19.2. The van der Waals surface area contributed by atoms with Crippen LogP contribution in [-0.4, -0.2) is 61.9 Å². The van der Waals surface area contributed by atoms with E-state index >= 15 is 4.55 Å². The molecule has 0 unspecified atom stereocenters. The standard InChI is InChI=1S/C88H178O5S/c1-9-17-25-33-41-49-57-65-73-85(92-83-81-89,74-66-58-50-42-34-26-18-10-2)87(77-69-61-53-45-37-29-21-13-5,78-70-62-54-46-38-30-22-14-6)94(91)88(79-71-63-55-47-39-31-23-15-7,80-72-64-56-48-40-32-24-16-8)86(93-84-82-90,75-67-59-51-43-35-27-19-11-3)76-68-60-52-44-36-28-20-12-4/h89-90H,9-84H2,1-8H3. The van der Waals surface area contributed by atoms with E-state index in [1.165, 1.54) is 360 Å². The third-order valence-electron chi connectivity index (χ3n) is 22.8. The summed E-state index contributed by atoms with van der Waals surface area (Å²) in [5.41, 5.74) is -1.26. The molecule has 0 aromatic rings. The molecule has 0 atom stereocenters. The summed E-state index contributed by atoms with van der Waals surface area (Å²) >= 11 is -1.37. The van der Waals surface area contributed by atoms with Crippen molar-refractivity contribution in [2.75, 3.05) is 26.4 Å². The van der Waals surface area contributed by atoms with E-state index in [4.69, 9.17) is 9.47 Å². The molecule has 0 rings (SSSR count). The fourth-order valence-electron chi connectivity index (χ4n) is 16.8. The predicted octanol–water partition coefficient (Wildman–Crippen LogP) is 30.0. The van der Waals surface area contributed by atoms with Gasteiger partial charge in [0.1, 0.15) is 11.2 Å². The van der Waals surface area contributed by atoms with E-state index in [9.17, 15) is 10.2 Å². The molecular weight excluding hydrogens is 1170 g/mol. The number of unbranched alkanes of at least 4 members (excludes halogenated alkanes) is 56. The van der Waals surface area contributed by atoms with Crippen LogP contribution in [0.2, 0.25) is 0 Å². The molecule has 0 aliphatic heterocycles. The van der Waals surface area contributed by atoms with Crippen LogP contribution < -0.4 is 0 Å². The zero-order valence-corrected chi connectivity index (χ0v) is 67.1. The van der Waals surface area contributed by atoms with E-state index < -0.39 is 31.9 Å². The van der Waals surface area contributed by atoms with Crippen molar-refractivity contribution in [2.45, 2.75) is 538 Å². The second-order valence-corrected chi connectivity index (χ2v) is 33.3. The van der Waals surface area contributed by atoms with Crippen LogP contribution in [0.4, 0.5) is 0 Å². The van der Waals surface area contributed by atoms with Crippen LogP contribution in [0, 0.1) is 0 Å². The van der Waals surface area contributed by atoms with Gasteiger partial charge in [-0.15, -0.1) is 0 Å². The lowest BCUT2D eigenvalue weighted by Gasteiger charge is -2.60. The van der Waals surface area contributed by atoms with Crippen molar-refractivity contribution >= 4 is 11.2 Å². The van der Waals surface area contributed by atoms with Crippen LogP contribution in [0.5, 0.6) is 0 Å². The average molecular weight is 1350 g/mol. The van der Waals surface area contributed by atoms with Gasteiger partial charge in [-0.1, -0.05) is 441 Å². The Hall–Kier alpha value is 0.150. The molecule has 0 saturated heterocycles. The first-order valence-electron chi connectivity index (χ1n) is 44.2. The molecule has 566 valence electrons. The minimum Gasteiger partial charge on any atom is -0.615 e. The van der Waals surface area contributed by atoms with Gasteiger partial charge in [0.05, 0.1) is 26.4 Å². The summed E-state index contributed by atoms with van der Waals surface area (Å²) in [7, 11) is 0. The second-order valence-electron chi connectivity index (χ2n) is 31.2. The zero-order chi connectivity index (χ0) is 68.7. The van der Waals surface area contributed by atoms with Crippen molar-refractivity contribution in [3.05, 3.63) is 0 Å². The molecule has 0 spiro atoms. The smallest absolute Gasteiger partial charge is 0.154 e. The van der Waals surface area contributed by atoms with Gasteiger partial charge in [-0.25, -0.2) is 0 Å². The molecule has 6 heteroatoms. The quantitative estimate of drug-likeness (QED) is 0.0468. The summed E-state index contributed by atoms with van der Waals surface area (Å²) in [6, 6.07) is 0.